The molecule has 1 aromatic carbocycles. The third kappa shape index (κ3) is 2.23. The van der Waals surface area contributed by atoms with E-state index in [0.717, 1.165) is 0 Å². The van der Waals surface area contributed by atoms with Crippen LogP contribution in [0.5, 0.6) is 0 Å². The van der Waals surface area contributed by atoms with Gasteiger partial charge < -0.3 is 10.1 Å². The summed E-state index contributed by atoms with van der Waals surface area (Å²) in [6.45, 7) is 0. The van der Waals surface area contributed by atoms with Crippen molar-refractivity contribution in [2.75, 3.05) is 7.11 Å². The van der Waals surface area contributed by atoms with Gasteiger partial charge in [0.15, 0.2) is 12.2 Å². The van der Waals surface area contributed by atoms with E-state index >= 15 is 0 Å². The molecule has 1 N–H and O–H groups in total. The summed E-state index contributed by atoms with van der Waals surface area (Å²) in [4.78, 5) is 11.3. The summed E-state index contributed by atoms with van der Waals surface area (Å²) in [5.74, 6) is -0.474. The molecule has 4 heteroatoms. The number of hydrogen-bond acceptors (Lipinski definition) is 4. The maximum Gasteiger partial charge on any atom is 0.333 e. The molecule has 0 aliphatic rings. The second-order valence-corrected chi connectivity index (χ2v) is 2.62. The van der Waals surface area contributed by atoms with Gasteiger partial charge in [-0.25, -0.2) is 4.79 Å². The van der Waals surface area contributed by atoms with Crippen molar-refractivity contribution in [1.82, 2.24) is 5.32 Å². The topological polar surface area (TPSA) is 62.1 Å². The molecular formula is C10H10N2O2. The van der Waals surface area contributed by atoms with Crippen LogP contribution in [0.15, 0.2) is 30.3 Å². The van der Waals surface area contributed by atoms with Gasteiger partial charge in [-0.2, -0.15) is 5.26 Å². The van der Waals surface area contributed by atoms with Crippen LogP contribution in [0.3, 0.4) is 0 Å². The SMILES string of the molecule is COC(=O)C(NC#N)c1ccccc1. The Morgan fingerprint density at radius 1 is 1.50 bits per heavy atom. The quantitative estimate of drug-likeness (QED) is 0.438. The number of esters is 1. The van der Waals surface area contributed by atoms with Crippen molar-refractivity contribution in [3.63, 3.8) is 0 Å². The molecule has 0 saturated heterocycles. The summed E-state index contributed by atoms with van der Waals surface area (Å²) < 4.78 is 4.57. The maximum atomic E-state index is 11.3. The molecule has 1 atom stereocenters. The van der Waals surface area contributed by atoms with Crippen LogP contribution in [0.25, 0.3) is 0 Å². The van der Waals surface area contributed by atoms with Crippen LogP contribution in [0.4, 0.5) is 0 Å². The highest BCUT2D eigenvalue weighted by Crippen LogP contribution is 2.13. The van der Waals surface area contributed by atoms with Gasteiger partial charge in [0.05, 0.1) is 7.11 Å². The summed E-state index contributed by atoms with van der Waals surface area (Å²) in [5.41, 5.74) is 0.709. The van der Waals surface area contributed by atoms with Crippen LogP contribution in [-0.2, 0) is 9.53 Å². The Hall–Kier alpha value is -2.02. The van der Waals surface area contributed by atoms with E-state index in [1.165, 1.54) is 7.11 Å². The molecule has 0 spiro atoms. The molecule has 0 aromatic heterocycles. The van der Waals surface area contributed by atoms with E-state index in [1.807, 2.05) is 6.07 Å². The van der Waals surface area contributed by atoms with Crippen LogP contribution in [-0.4, -0.2) is 13.1 Å². The van der Waals surface area contributed by atoms with Crippen molar-refractivity contribution in [2.24, 2.45) is 0 Å². The first-order valence-corrected chi connectivity index (χ1v) is 4.07. The average Bonchev–Trinajstić information content (AvgIpc) is 2.26. The number of hydrogen-bond donors (Lipinski definition) is 1. The fraction of sp³-hybridized carbons (Fsp3) is 0.200. The van der Waals surface area contributed by atoms with Gasteiger partial charge in [-0.15, -0.1) is 0 Å². The number of carbonyl (C=O) groups excluding carboxylic acids is 1. The van der Waals surface area contributed by atoms with Crippen molar-refractivity contribution >= 4 is 5.97 Å². The highest BCUT2D eigenvalue weighted by Gasteiger charge is 2.19. The number of ether oxygens (including phenoxy) is 1. The third-order valence-electron chi connectivity index (χ3n) is 1.78. The number of carbonyl (C=O) groups is 1. The van der Waals surface area contributed by atoms with E-state index in [2.05, 4.69) is 10.1 Å². The minimum absolute atomic E-state index is 0.474. The van der Waals surface area contributed by atoms with Gasteiger partial charge in [-0.3, -0.25) is 0 Å². The van der Waals surface area contributed by atoms with Gasteiger partial charge in [0, 0.05) is 0 Å². The first kappa shape index (κ1) is 10.1. The van der Waals surface area contributed by atoms with Crippen LogP contribution >= 0.6 is 0 Å². The van der Waals surface area contributed by atoms with Crippen molar-refractivity contribution in [2.45, 2.75) is 6.04 Å². The number of benzene rings is 1. The van der Waals surface area contributed by atoms with Crippen LogP contribution < -0.4 is 5.32 Å². The van der Waals surface area contributed by atoms with Crippen LogP contribution in [0, 0.1) is 11.5 Å². The molecule has 1 aromatic rings. The second-order valence-electron chi connectivity index (χ2n) is 2.62. The lowest BCUT2D eigenvalue weighted by atomic mass is 10.1. The van der Waals surface area contributed by atoms with Gasteiger partial charge in [0.1, 0.15) is 0 Å². The zero-order valence-corrected chi connectivity index (χ0v) is 7.73. The molecule has 0 amide bonds. The molecule has 0 aliphatic carbocycles. The number of nitriles is 1. The van der Waals surface area contributed by atoms with Gasteiger partial charge in [-0.1, -0.05) is 30.3 Å². The Morgan fingerprint density at radius 3 is 2.64 bits per heavy atom. The highest BCUT2D eigenvalue weighted by molar-refractivity contribution is 5.77. The molecule has 0 aliphatic heterocycles. The number of methoxy groups -OCH3 is 1. The maximum absolute atomic E-state index is 11.3. The molecule has 72 valence electrons. The van der Waals surface area contributed by atoms with E-state index < -0.39 is 12.0 Å². The predicted octanol–water partition coefficient (Wildman–Crippen LogP) is 0.971. The Bertz CT molecular complexity index is 343. The fourth-order valence-corrected chi connectivity index (χ4v) is 1.11. The fourth-order valence-electron chi connectivity index (χ4n) is 1.11. The molecule has 0 radical (unpaired) electrons. The van der Waals surface area contributed by atoms with Gasteiger partial charge in [-0.05, 0) is 5.56 Å². The number of nitrogens with zero attached hydrogens (tertiary/aromatic N) is 1. The van der Waals surface area contributed by atoms with Gasteiger partial charge >= 0.3 is 5.97 Å². The smallest absolute Gasteiger partial charge is 0.333 e. The minimum atomic E-state index is -0.716. The molecular weight excluding hydrogens is 180 g/mol. The number of nitrogens with one attached hydrogen (secondary N) is 1. The lowest BCUT2D eigenvalue weighted by molar-refractivity contribution is -0.142. The van der Waals surface area contributed by atoms with Crippen molar-refractivity contribution < 1.29 is 9.53 Å². The van der Waals surface area contributed by atoms with E-state index in [4.69, 9.17) is 5.26 Å². The Kier molecular flexibility index (Phi) is 3.50. The van der Waals surface area contributed by atoms with Crippen molar-refractivity contribution in [3.05, 3.63) is 35.9 Å². The average molecular weight is 190 g/mol. The first-order chi connectivity index (χ1) is 6.79. The predicted molar refractivity (Wildman–Crippen MR) is 49.9 cm³/mol. The Balaban J connectivity index is 2.90. The standard InChI is InChI=1S/C10H10N2O2/c1-14-10(13)9(12-7-11)8-5-3-2-4-6-8/h2-6,9,12H,1H3. The molecule has 4 nitrogen and oxygen atoms in total. The summed E-state index contributed by atoms with van der Waals surface area (Å²) in [6, 6.07) is 8.22. The lowest BCUT2D eigenvalue weighted by Gasteiger charge is -2.12. The van der Waals surface area contributed by atoms with E-state index in [9.17, 15) is 4.79 Å². The van der Waals surface area contributed by atoms with Gasteiger partial charge in [0.25, 0.3) is 0 Å². The molecule has 0 heterocycles. The zero-order chi connectivity index (χ0) is 10.4. The van der Waals surface area contributed by atoms with Crippen LogP contribution in [0.1, 0.15) is 11.6 Å². The second kappa shape index (κ2) is 4.87. The summed E-state index contributed by atoms with van der Waals surface area (Å²) in [6.07, 6.45) is 1.73. The third-order valence-corrected chi connectivity index (χ3v) is 1.78. The normalized spacial score (nSPS) is 11.1. The van der Waals surface area contributed by atoms with Gasteiger partial charge in [0.2, 0.25) is 0 Å². The zero-order valence-electron chi connectivity index (χ0n) is 7.73. The number of rotatable bonds is 3. The largest absolute Gasteiger partial charge is 0.467 e. The molecule has 0 bridgehead atoms. The first-order valence-electron chi connectivity index (χ1n) is 4.07. The highest BCUT2D eigenvalue weighted by atomic mass is 16.5. The molecule has 1 rings (SSSR count). The Labute approximate surface area is 82.1 Å². The van der Waals surface area contributed by atoms with E-state index in [-0.39, 0.29) is 0 Å². The van der Waals surface area contributed by atoms with Crippen LogP contribution in [0.2, 0.25) is 0 Å². The van der Waals surface area contributed by atoms with Crippen molar-refractivity contribution in [3.8, 4) is 6.19 Å². The van der Waals surface area contributed by atoms with E-state index in [0.29, 0.717) is 5.56 Å². The molecule has 1 unspecified atom stereocenters. The van der Waals surface area contributed by atoms with E-state index in [1.54, 1.807) is 30.5 Å². The molecule has 0 saturated carbocycles. The summed E-state index contributed by atoms with van der Waals surface area (Å²) >= 11 is 0. The summed E-state index contributed by atoms with van der Waals surface area (Å²) in [7, 11) is 1.29. The monoisotopic (exact) mass is 190 g/mol. The Morgan fingerprint density at radius 2 is 2.14 bits per heavy atom. The van der Waals surface area contributed by atoms with Crippen molar-refractivity contribution in [1.29, 1.82) is 5.26 Å². The molecule has 14 heavy (non-hydrogen) atoms. The lowest BCUT2D eigenvalue weighted by Crippen LogP contribution is -2.25. The summed E-state index contributed by atoms with van der Waals surface area (Å²) in [5, 5.41) is 10.9. The molecule has 0 fully saturated rings. The minimum Gasteiger partial charge on any atom is -0.467 e.